The molecule has 0 saturated heterocycles. The molecule has 7 nitrogen and oxygen atoms in total. The van der Waals surface area contributed by atoms with Crippen LogP contribution in [0.2, 0.25) is 0 Å². The molecule has 0 saturated carbocycles. The first-order valence-electron chi connectivity index (χ1n) is 10.9. The smallest absolute Gasteiger partial charge is 0.219 e. The molecule has 0 atom stereocenters. The van der Waals surface area contributed by atoms with Crippen LogP contribution in [0.1, 0.15) is 39.2 Å². The van der Waals surface area contributed by atoms with Crippen LogP contribution in [0.15, 0.2) is 71.6 Å². The van der Waals surface area contributed by atoms with E-state index >= 15 is 0 Å². The summed E-state index contributed by atoms with van der Waals surface area (Å²) in [4.78, 5) is 19.6. The molecule has 0 fully saturated rings. The number of aryl methyl sites for hydroxylation is 1. The van der Waals surface area contributed by atoms with Gasteiger partial charge in [0, 0.05) is 36.4 Å². The highest BCUT2D eigenvalue weighted by Gasteiger charge is 2.23. The molecule has 0 bridgehead atoms. The third kappa shape index (κ3) is 7.42. The molecule has 0 heterocycles. The molecule has 0 radical (unpaired) electrons. The lowest BCUT2D eigenvalue weighted by molar-refractivity contribution is -0.106. The fourth-order valence-electron chi connectivity index (χ4n) is 2.97. The highest BCUT2D eigenvalue weighted by atomic mass is 16.5. The second-order valence-corrected chi connectivity index (χ2v) is 7.45. The third-order valence-corrected chi connectivity index (χ3v) is 4.90. The van der Waals surface area contributed by atoms with E-state index in [1.165, 1.54) is 23.9 Å². The van der Waals surface area contributed by atoms with Crippen molar-refractivity contribution in [2.75, 3.05) is 29.7 Å². The third-order valence-electron chi connectivity index (χ3n) is 4.90. The Hall–Kier alpha value is -3.74. The molecule has 0 aliphatic heterocycles. The van der Waals surface area contributed by atoms with Gasteiger partial charge >= 0.3 is 0 Å². The number of allylic oxidation sites excluding steroid dienone is 1. The molecule has 0 aliphatic rings. The molecule has 0 aromatic heterocycles. The Morgan fingerprint density at radius 3 is 2.30 bits per heavy atom. The second-order valence-electron chi connectivity index (χ2n) is 7.45. The van der Waals surface area contributed by atoms with E-state index in [1.54, 1.807) is 38.3 Å². The summed E-state index contributed by atoms with van der Waals surface area (Å²) in [7, 11) is 3.46. The summed E-state index contributed by atoms with van der Waals surface area (Å²) in [6.45, 7) is 11.8. The van der Waals surface area contributed by atoms with Gasteiger partial charge in [-0.15, -0.1) is 0 Å². The molecule has 0 spiro atoms. The highest BCUT2D eigenvalue weighted by molar-refractivity contribution is 6.20. The number of likely N-dealkylation sites (N-methyl/N-ethyl adjacent to an activating group) is 1. The van der Waals surface area contributed by atoms with Crippen LogP contribution in [0.5, 0.6) is 5.75 Å². The van der Waals surface area contributed by atoms with Crippen molar-refractivity contribution in [2.45, 2.75) is 40.5 Å². The molecule has 7 heteroatoms. The van der Waals surface area contributed by atoms with E-state index in [-0.39, 0.29) is 0 Å². The Labute approximate surface area is 198 Å². The summed E-state index contributed by atoms with van der Waals surface area (Å²) >= 11 is 0. The van der Waals surface area contributed by atoms with Crippen molar-refractivity contribution in [3.05, 3.63) is 72.2 Å². The van der Waals surface area contributed by atoms with E-state index in [4.69, 9.17) is 16.2 Å². The van der Waals surface area contributed by atoms with Gasteiger partial charge in [0.15, 0.2) is 5.84 Å². The summed E-state index contributed by atoms with van der Waals surface area (Å²) in [5.41, 5.74) is 16.1. The number of methoxy groups -OCH3 is 1. The van der Waals surface area contributed by atoms with Crippen LogP contribution in [-0.4, -0.2) is 26.4 Å². The summed E-state index contributed by atoms with van der Waals surface area (Å²) in [6.07, 6.45) is 4.67. The molecule has 1 amide bonds. The van der Waals surface area contributed by atoms with Crippen molar-refractivity contribution in [2.24, 2.45) is 10.7 Å². The Balaban J connectivity index is 0.00000125. The van der Waals surface area contributed by atoms with E-state index in [1.807, 2.05) is 37.1 Å². The lowest BCUT2D eigenvalue weighted by Gasteiger charge is -2.29. The minimum atomic E-state index is 0.322. The van der Waals surface area contributed by atoms with E-state index in [0.717, 1.165) is 17.0 Å². The number of carbonyl (C=O) groups excluding carboxylic acids is 1. The van der Waals surface area contributed by atoms with Crippen LogP contribution in [0.3, 0.4) is 0 Å². The molecular formula is C26H37N5O2. The predicted molar refractivity (Wildman–Crippen MR) is 141 cm³/mol. The molecule has 4 N–H and O–H groups in total. The molecule has 2 rings (SSSR count). The number of rotatable bonds is 8. The lowest BCUT2D eigenvalue weighted by atomic mass is 10.1. The fraction of sp³-hybridized carbons (Fsp3) is 0.308. The zero-order valence-electron chi connectivity index (χ0n) is 20.6. The van der Waals surface area contributed by atoms with Crippen LogP contribution in [0.25, 0.3) is 0 Å². The van der Waals surface area contributed by atoms with E-state index < -0.39 is 0 Å². The number of hydrogen-bond acceptors (Lipinski definition) is 6. The Morgan fingerprint density at radius 2 is 1.82 bits per heavy atom. The van der Waals surface area contributed by atoms with Gasteiger partial charge in [0.2, 0.25) is 6.41 Å². The first kappa shape index (κ1) is 27.3. The van der Waals surface area contributed by atoms with Crippen molar-refractivity contribution >= 4 is 29.3 Å². The minimum Gasteiger partial charge on any atom is -0.496 e. The van der Waals surface area contributed by atoms with Crippen LogP contribution in [-0.2, 0) is 4.79 Å². The van der Waals surface area contributed by atoms with Crippen molar-refractivity contribution in [1.29, 1.82) is 0 Å². The number of nitrogens with zero attached hydrogens (tertiary/aromatic N) is 3. The Kier molecular flexibility index (Phi) is 11.3. The topological polar surface area (TPSA) is 97.2 Å². The van der Waals surface area contributed by atoms with Gasteiger partial charge in [0.1, 0.15) is 11.4 Å². The van der Waals surface area contributed by atoms with Gasteiger partial charge in [0.05, 0.1) is 12.8 Å². The average molecular weight is 452 g/mol. The van der Waals surface area contributed by atoms with Crippen molar-refractivity contribution < 1.29 is 9.53 Å². The number of hydrogen-bond donors (Lipinski definition) is 2. The van der Waals surface area contributed by atoms with Gasteiger partial charge in [-0.1, -0.05) is 45.4 Å². The second kappa shape index (κ2) is 13.6. The molecule has 0 unspecified atom stereocenters. The van der Waals surface area contributed by atoms with Crippen molar-refractivity contribution in [3.63, 3.8) is 0 Å². The van der Waals surface area contributed by atoms with Gasteiger partial charge in [0.25, 0.3) is 0 Å². The van der Waals surface area contributed by atoms with Gasteiger partial charge in [-0.05, 0) is 43.7 Å². The number of amides is 1. The number of carbonyl (C=O) groups is 1. The first-order valence-corrected chi connectivity index (χ1v) is 10.9. The molecule has 33 heavy (non-hydrogen) atoms. The van der Waals surface area contributed by atoms with E-state index in [2.05, 4.69) is 25.4 Å². The van der Waals surface area contributed by atoms with Gasteiger partial charge in [-0.25, -0.2) is 4.99 Å². The van der Waals surface area contributed by atoms with Crippen LogP contribution >= 0.6 is 0 Å². The minimum absolute atomic E-state index is 0.322. The maximum atomic E-state index is 12.0. The van der Waals surface area contributed by atoms with E-state index in [9.17, 15) is 4.79 Å². The summed E-state index contributed by atoms with van der Waals surface area (Å²) in [6, 6.07) is 12.8. The number of anilines is 3. The lowest BCUT2D eigenvalue weighted by Crippen LogP contribution is -2.38. The number of aliphatic imine (C=N–C) groups is 1. The maximum Gasteiger partial charge on any atom is 0.219 e. The zero-order valence-corrected chi connectivity index (χ0v) is 20.6. The zero-order chi connectivity index (χ0) is 25.0. The average Bonchev–Trinajstić information content (AvgIpc) is 2.80. The van der Waals surface area contributed by atoms with Crippen LogP contribution in [0, 0.1) is 6.92 Å². The van der Waals surface area contributed by atoms with Crippen LogP contribution in [0.4, 0.5) is 17.1 Å². The standard InChI is InChI=1S/C22H27N5O2.C4H10/c1-6-25-22(27(14-28)19-9-7-8-17(24)12-19)21(16(3)23)26(4)18-11-10-15(2)20(13-18)29-5;1-3-4-2/h6-14H,1,23-24H2,2-5H3;3-4H2,1-2H3/b21-16-,25-22?;. The van der Waals surface area contributed by atoms with Crippen molar-refractivity contribution in [1.82, 2.24) is 0 Å². The van der Waals surface area contributed by atoms with Gasteiger partial charge in [-0.3, -0.25) is 9.69 Å². The summed E-state index contributed by atoms with van der Waals surface area (Å²) in [5.74, 6) is 1.07. The normalized spacial score (nSPS) is 11.5. The summed E-state index contributed by atoms with van der Waals surface area (Å²) in [5, 5.41) is 0. The summed E-state index contributed by atoms with van der Waals surface area (Å²) < 4.78 is 5.43. The predicted octanol–water partition coefficient (Wildman–Crippen LogP) is 5.22. The largest absolute Gasteiger partial charge is 0.496 e. The monoisotopic (exact) mass is 451 g/mol. The molecule has 178 valence electrons. The quantitative estimate of drug-likeness (QED) is 0.248. The molecular weight excluding hydrogens is 414 g/mol. The highest BCUT2D eigenvalue weighted by Crippen LogP contribution is 2.29. The van der Waals surface area contributed by atoms with Gasteiger partial charge in [-0.2, -0.15) is 0 Å². The molecule has 2 aromatic rings. The molecule has 0 aliphatic carbocycles. The number of unbranched alkanes of at least 4 members (excludes halogenated alkanes) is 1. The van der Waals surface area contributed by atoms with Crippen LogP contribution < -0.4 is 26.0 Å². The maximum absolute atomic E-state index is 12.0. The SMILES string of the molecule is C=CN=C(/C(=C(\C)N)N(C)c1ccc(C)c(OC)c1)N(C=O)c1cccc(N)c1.CCCC. The molecule has 2 aromatic carbocycles. The Bertz CT molecular complexity index is 992. The Morgan fingerprint density at radius 1 is 1.15 bits per heavy atom. The number of ether oxygens (including phenoxy) is 1. The van der Waals surface area contributed by atoms with E-state index in [0.29, 0.717) is 35.0 Å². The number of benzene rings is 2. The van der Waals surface area contributed by atoms with Gasteiger partial charge < -0.3 is 21.1 Å². The van der Waals surface area contributed by atoms with Crippen molar-refractivity contribution in [3.8, 4) is 5.75 Å². The fourth-order valence-corrected chi connectivity index (χ4v) is 2.97. The number of amidine groups is 1. The number of nitrogens with two attached hydrogens (primary N) is 2. The first-order chi connectivity index (χ1) is 15.7. The number of nitrogen functional groups attached to an aromatic ring is 1.